The Morgan fingerprint density at radius 2 is 2.10 bits per heavy atom. The second-order valence-electron chi connectivity index (χ2n) is 5.60. The van der Waals surface area contributed by atoms with E-state index in [1.807, 2.05) is 6.07 Å². The molecule has 0 aromatic heterocycles. The molecule has 0 fully saturated rings. The normalized spacial score (nSPS) is 13.7. The van der Waals surface area contributed by atoms with Crippen LogP contribution in [0.15, 0.2) is 16.6 Å². The van der Waals surface area contributed by atoms with Gasteiger partial charge in [0.1, 0.15) is 13.2 Å². The zero-order chi connectivity index (χ0) is 15.1. The molecule has 1 aliphatic heterocycles. The van der Waals surface area contributed by atoms with Crippen LogP contribution in [0, 0.1) is 5.92 Å². The van der Waals surface area contributed by atoms with Gasteiger partial charge in [-0.3, -0.25) is 0 Å². The average molecular weight is 358 g/mol. The minimum absolute atomic E-state index is 0.605. The van der Waals surface area contributed by atoms with Gasteiger partial charge in [-0.05, 0) is 52.5 Å². The van der Waals surface area contributed by atoms with Gasteiger partial charge in [-0.1, -0.05) is 13.8 Å². The molecule has 4 nitrogen and oxygen atoms in total. The highest BCUT2D eigenvalue weighted by molar-refractivity contribution is 9.10. The summed E-state index contributed by atoms with van der Waals surface area (Å²) in [5.41, 5.74) is 1.19. The Bertz CT molecular complexity index is 451. The van der Waals surface area contributed by atoms with Crippen molar-refractivity contribution in [3.63, 3.8) is 0 Å². The van der Waals surface area contributed by atoms with Crippen LogP contribution < -0.4 is 14.8 Å². The zero-order valence-electron chi connectivity index (χ0n) is 12.8. The maximum absolute atomic E-state index is 5.62. The lowest BCUT2D eigenvalue weighted by atomic mass is 10.2. The summed E-state index contributed by atoms with van der Waals surface area (Å²) >= 11 is 3.54. The molecule has 0 saturated carbocycles. The Hall–Kier alpha value is -0.780. The van der Waals surface area contributed by atoms with Crippen LogP contribution in [0.4, 0.5) is 0 Å². The van der Waals surface area contributed by atoms with Crippen LogP contribution in [0.1, 0.15) is 25.8 Å². The molecule has 0 spiro atoms. The third-order valence-electron chi connectivity index (χ3n) is 3.08. The lowest BCUT2D eigenvalue weighted by Crippen LogP contribution is -2.18. The van der Waals surface area contributed by atoms with Gasteiger partial charge in [-0.2, -0.15) is 0 Å². The molecule has 0 aliphatic carbocycles. The van der Waals surface area contributed by atoms with Crippen LogP contribution in [0.3, 0.4) is 0 Å². The first-order valence-electron chi connectivity index (χ1n) is 7.53. The van der Waals surface area contributed by atoms with E-state index in [0.29, 0.717) is 19.1 Å². The van der Waals surface area contributed by atoms with E-state index in [0.717, 1.165) is 48.7 Å². The third-order valence-corrected chi connectivity index (χ3v) is 3.67. The van der Waals surface area contributed by atoms with Crippen molar-refractivity contribution in [2.75, 3.05) is 33.0 Å². The number of benzene rings is 1. The van der Waals surface area contributed by atoms with Gasteiger partial charge in [0.25, 0.3) is 0 Å². The van der Waals surface area contributed by atoms with Crippen LogP contribution >= 0.6 is 15.9 Å². The average Bonchev–Trinajstić information content (AvgIpc) is 2.46. The van der Waals surface area contributed by atoms with Crippen LogP contribution in [0.25, 0.3) is 0 Å². The van der Waals surface area contributed by atoms with Gasteiger partial charge >= 0.3 is 0 Å². The number of fused-ring (bicyclic) bond motifs is 1. The summed E-state index contributed by atoms with van der Waals surface area (Å²) in [5, 5.41) is 3.43. The Kier molecular flexibility index (Phi) is 6.80. The molecule has 1 aromatic carbocycles. The first-order valence-corrected chi connectivity index (χ1v) is 8.32. The smallest absolute Gasteiger partial charge is 0.175 e. The summed E-state index contributed by atoms with van der Waals surface area (Å²) in [4.78, 5) is 0. The number of halogens is 1. The Balaban J connectivity index is 1.70. The number of hydrogen-bond donors (Lipinski definition) is 1. The second kappa shape index (κ2) is 8.61. The summed E-state index contributed by atoms with van der Waals surface area (Å²) < 4.78 is 17.7. The molecule has 1 N–H and O–H groups in total. The molecule has 1 heterocycles. The SMILES string of the molecule is CC(C)COCCCNCc1cc(Br)c2c(c1)OCCO2. The number of nitrogens with one attached hydrogen (secondary N) is 1. The summed E-state index contributed by atoms with van der Waals surface area (Å²) in [6.07, 6.45) is 1.03. The van der Waals surface area contributed by atoms with Crippen molar-refractivity contribution in [3.05, 3.63) is 22.2 Å². The maximum atomic E-state index is 5.62. The fourth-order valence-corrected chi connectivity index (χ4v) is 2.72. The van der Waals surface area contributed by atoms with Crippen LogP contribution in [0.5, 0.6) is 11.5 Å². The van der Waals surface area contributed by atoms with E-state index in [-0.39, 0.29) is 0 Å². The van der Waals surface area contributed by atoms with E-state index in [1.54, 1.807) is 0 Å². The first-order chi connectivity index (χ1) is 10.2. The van der Waals surface area contributed by atoms with Crippen molar-refractivity contribution in [1.82, 2.24) is 5.32 Å². The Morgan fingerprint density at radius 3 is 2.90 bits per heavy atom. The summed E-state index contributed by atoms with van der Waals surface area (Å²) in [6.45, 7) is 8.98. The quantitative estimate of drug-likeness (QED) is 0.724. The van der Waals surface area contributed by atoms with E-state index in [2.05, 4.69) is 41.2 Å². The zero-order valence-corrected chi connectivity index (χ0v) is 14.4. The monoisotopic (exact) mass is 357 g/mol. The topological polar surface area (TPSA) is 39.7 Å². The van der Waals surface area contributed by atoms with Crippen molar-refractivity contribution in [3.8, 4) is 11.5 Å². The van der Waals surface area contributed by atoms with Gasteiger partial charge in [-0.15, -0.1) is 0 Å². The summed E-state index contributed by atoms with van der Waals surface area (Å²) in [5.74, 6) is 2.24. The van der Waals surface area contributed by atoms with Crippen LogP contribution in [-0.4, -0.2) is 33.0 Å². The van der Waals surface area contributed by atoms with Crippen molar-refractivity contribution in [1.29, 1.82) is 0 Å². The van der Waals surface area contributed by atoms with E-state index < -0.39 is 0 Å². The maximum Gasteiger partial charge on any atom is 0.175 e. The molecule has 2 rings (SSSR count). The fraction of sp³-hybridized carbons (Fsp3) is 0.625. The van der Waals surface area contributed by atoms with Crippen LogP contribution in [-0.2, 0) is 11.3 Å². The Labute approximate surface area is 135 Å². The van der Waals surface area contributed by atoms with E-state index in [9.17, 15) is 0 Å². The molecule has 5 heteroatoms. The van der Waals surface area contributed by atoms with Crippen molar-refractivity contribution in [2.24, 2.45) is 5.92 Å². The van der Waals surface area contributed by atoms with E-state index in [4.69, 9.17) is 14.2 Å². The number of rotatable bonds is 8. The molecule has 0 amide bonds. The lowest BCUT2D eigenvalue weighted by molar-refractivity contribution is 0.108. The van der Waals surface area contributed by atoms with Crippen molar-refractivity contribution >= 4 is 15.9 Å². The van der Waals surface area contributed by atoms with Gasteiger partial charge in [0.15, 0.2) is 11.5 Å². The number of ether oxygens (including phenoxy) is 3. The highest BCUT2D eigenvalue weighted by atomic mass is 79.9. The molecule has 0 radical (unpaired) electrons. The minimum Gasteiger partial charge on any atom is -0.486 e. The van der Waals surface area contributed by atoms with Gasteiger partial charge in [0.05, 0.1) is 4.47 Å². The Morgan fingerprint density at radius 1 is 1.29 bits per heavy atom. The second-order valence-corrected chi connectivity index (χ2v) is 6.46. The predicted octanol–water partition coefficient (Wildman–Crippen LogP) is 3.37. The van der Waals surface area contributed by atoms with Gasteiger partial charge in [0.2, 0.25) is 0 Å². The highest BCUT2D eigenvalue weighted by Gasteiger charge is 2.15. The molecular formula is C16H24BrNO3. The molecular weight excluding hydrogens is 334 g/mol. The molecule has 118 valence electrons. The predicted molar refractivity (Wildman–Crippen MR) is 87.1 cm³/mol. The van der Waals surface area contributed by atoms with Gasteiger partial charge in [0, 0.05) is 19.8 Å². The van der Waals surface area contributed by atoms with Crippen molar-refractivity contribution in [2.45, 2.75) is 26.8 Å². The molecule has 0 saturated heterocycles. The van der Waals surface area contributed by atoms with E-state index >= 15 is 0 Å². The summed E-state index contributed by atoms with van der Waals surface area (Å²) in [7, 11) is 0. The fourth-order valence-electron chi connectivity index (χ4n) is 2.12. The molecule has 0 unspecified atom stereocenters. The summed E-state index contributed by atoms with van der Waals surface area (Å²) in [6, 6.07) is 4.12. The number of hydrogen-bond acceptors (Lipinski definition) is 4. The van der Waals surface area contributed by atoms with E-state index in [1.165, 1.54) is 5.56 Å². The third kappa shape index (κ3) is 5.49. The molecule has 1 aliphatic rings. The van der Waals surface area contributed by atoms with Crippen LogP contribution in [0.2, 0.25) is 0 Å². The van der Waals surface area contributed by atoms with Gasteiger partial charge in [-0.25, -0.2) is 0 Å². The largest absolute Gasteiger partial charge is 0.486 e. The standard InChI is InChI=1S/C16H24BrNO3/c1-12(2)11-19-5-3-4-18-10-13-8-14(17)16-15(9-13)20-6-7-21-16/h8-9,12,18H,3-7,10-11H2,1-2H3. The molecule has 0 bridgehead atoms. The van der Waals surface area contributed by atoms with Crippen molar-refractivity contribution < 1.29 is 14.2 Å². The molecule has 0 atom stereocenters. The first kappa shape index (κ1) is 16.6. The van der Waals surface area contributed by atoms with Gasteiger partial charge < -0.3 is 19.5 Å². The molecule has 21 heavy (non-hydrogen) atoms. The minimum atomic E-state index is 0.605. The molecule has 1 aromatic rings. The highest BCUT2D eigenvalue weighted by Crippen LogP contribution is 2.38. The lowest BCUT2D eigenvalue weighted by Gasteiger charge is -2.20.